The molecule has 0 saturated heterocycles. The third-order valence-electron chi connectivity index (χ3n) is 3.01. The number of hydrogen-bond acceptors (Lipinski definition) is 6. The first-order chi connectivity index (χ1) is 9.24. The van der Waals surface area contributed by atoms with E-state index >= 15 is 0 Å². The molecule has 0 amide bonds. The highest BCUT2D eigenvalue weighted by Gasteiger charge is 2.26. The standard InChI is InChI=1S/C13H18N2O4/c1-16-11-5-4-9(12(17-2)13(11)18-3)10-6-8(7-14)19-15-10/h4-5,8H,6-7,14H2,1-3H3/t8-/m0/s1. The van der Waals surface area contributed by atoms with Crippen molar-refractivity contribution in [2.75, 3.05) is 27.9 Å². The molecule has 1 aromatic rings. The highest BCUT2D eigenvalue weighted by molar-refractivity contribution is 6.04. The van der Waals surface area contributed by atoms with Crippen molar-refractivity contribution in [1.82, 2.24) is 0 Å². The molecular formula is C13H18N2O4. The normalized spacial score (nSPS) is 17.7. The van der Waals surface area contributed by atoms with Gasteiger partial charge in [-0.2, -0.15) is 0 Å². The van der Waals surface area contributed by atoms with E-state index in [4.69, 9.17) is 24.8 Å². The summed E-state index contributed by atoms with van der Waals surface area (Å²) in [6.45, 7) is 0.433. The van der Waals surface area contributed by atoms with Crippen molar-refractivity contribution in [3.05, 3.63) is 17.7 Å². The molecule has 0 spiro atoms. The van der Waals surface area contributed by atoms with Crippen molar-refractivity contribution in [2.24, 2.45) is 10.9 Å². The summed E-state index contributed by atoms with van der Waals surface area (Å²) in [4.78, 5) is 5.23. The molecule has 2 N–H and O–H groups in total. The number of methoxy groups -OCH3 is 3. The smallest absolute Gasteiger partial charge is 0.203 e. The average Bonchev–Trinajstić information content (AvgIpc) is 2.94. The van der Waals surface area contributed by atoms with Crippen molar-refractivity contribution in [1.29, 1.82) is 0 Å². The van der Waals surface area contributed by atoms with Gasteiger partial charge in [0.05, 0.1) is 27.0 Å². The van der Waals surface area contributed by atoms with E-state index < -0.39 is 0 Å². The second kappa shape index (κ2) is 5.79. The van der Waals surface area contributed by atoms with Gasteiger partial charge in [-0.05, 0) is 12.1 Å². The first-order valence-corrected chi connectivity index (χ1v) is 5.97. The highest BCUT2D eigenvalue weighted by Crippen LogP contribution is 2.40. The molecule has 104 valence electrons. The summed E-state index contributed by atoms with van der Waals surface area (Å²) in [5.41, 5.74) is 7.20. The van der Waals surface area contributed by atoms with Crippen LogP contribution in [0.2, 0.25) is 0 Å². The Morgan fingerprint density at radius 3 is 2.47 bits per heavy atom. The van der Waals surface area contributed by atoms with Crippen LogP contribution in [0.15, 0.2) is 17.3 Å². The first kappa shape index (κ1) is 13.5. The van der Waals surface area contributed by atoms with Gasteiger partial charge in [0.15, 0.2) is 11.5 Å². The van der Waals surface area contributed by atoms with E-state index in [1.54, 1.807) is 21.3 Å². The number of rotatable bonds is 5. The molecule has 1 aromatic carbocycles. The van der Waals surface area contributed by atoms with E-state index in [0.29, 0.717) is 30.2 Å². The summed E-state index contributed by atoms with van der Waals surface area (Å²) in [5, 5.41) is 4.06. The Labute approximate surface area is 112 Å². The van der Waals surface area contributed by atoms with E-state index in [0.717, 1.165) is 11.3 Å². The van der Waals surface area contributed by atoms with Crippen molar-refractivity contribution >= 4 is 5.71 Å². The highest BCUT2D eigenvalue weighted by atomic mass is 16.6. The van der Waals surface area contributed by atoms with Gasteiger partial charge < -0.3 is 24.8 Å². The molecule has 2 rings (SSSR count). The molecule has 19 heavy (non-hydrogen) atoms. The molecule has 0 saturated carbocycles. The van der Waals surface area contributed by atoms with Crippen molar-refractivity contribution in [3.63, 3.8) is 0 Å². The minimum absolute atomic E-state index is 0.0761. The van der Waals surface area contributed by atoms with Crippen LogP contribution in [0.4, 0.5) is 0 Å². The lowest BCUT2D eigenvalue weighted by Crippen LogP contribution is -2.20. The van der Waals surface area contributed by atoms with Crippen LogP contribution in [0.5, 0.6) is 17.2 Å². The number of nitrogens with zero attached hydrogens (tertiary/aromatic N) is 1. The fourth-order valence-corrected chi connectivity index (χ4v) is 2.04. The summed E-state index contributed by atoms with van der Waals surface area (Å²) in [7, 11) is 4.73. The van der Waals surface area contributed by atoms with E-state index in [1.807, 2.05) is 12.1 Å². The molecule has 0 unspecified atom stereocenters. The maximum absolute atomic E-state index is 5.57. The van der Waals surface area contributed by atoms with E-state index in [9.17, 15) is 0 Å². The molecule has 1 atom stereocenters. The Balaban J connectivity index is 2.41. The van der Waals surface area contributed by atoms with Gasteiger partial charge >= 0.3 is 0 Å². The Hall–Kier alpha value is -1.95. The third-order valence-corrected chi connectivity index (χ3v) is 3.01. The summed E-state index contributed by atoms with van der Waals surface area (Å²) < 4.78 is 16.0. The zero-order valence-electron chi connectivity index (χ0n) is 11.3. The molecule has 1 aliphatic rings. The molecule has 0 aliphatic carbocycles. The number of oxime groups is 1. The first-order valence-electron chi connectivity index (χ1n) is 5.97. The molecule has 6 nitrogen and oxygen atoms in total. The lowest BCUT2D eigenvalue weighted by molar-refractivity contribution is 0.0918. The third kappa shape index (κ3) is 2.44. The molecular weight excluding hydrogens is 248 g/mol. The van der Waals surface area contributed by atoms with Crippen LogP contribution in [0.3, 0.4) is 0 Å². The second-order valence-electron chi connectivity index (χ2n) is 4.09. The Bertz CT molecular complexity index is 488. The van der Waals surface area contributed by atoms with Crippen LogP contribution in [-0.4, -0.2) is 39.7 Å². The zero-order chi connectivity index (χ0) is 13.8. The van der Waals surface area contributed by atoms with Crippen molar-refractivity contribution in [2.45, 2.75) is 12.5 Å². The van der Waals surface area contributed by atoms with Gasteiger partial charge in [0, 0.05) is 18.5 Å². The monoisotopic (exact) mass is 266 g/mol. The molecule has 6 heteroatoms. The van der Waals surface area contributed by atoms with Gasteiger partial charge in [-0.1, -0.05) is 5.16 Å². The quantitative estimate of drug-likeness (QED) is 0.865. The SMILES string of the molecule is COc1ccc(C2=NO[C@H](CN)C2)c(OC)c1OC. The van der Waals surface area contributed by atoms with Gasteiger partial charge in [-0.15, -0.1) is 0 Å². The predicted octanol–water partition coefficient (Wildman–Crippen LogP) is 1.16. The number of nitrogens with two attached hydrogens (primary N) is 1. The Morgan fingerprint density at radius 1 is 1.21 bits per heavy atom. The lowest BCUT2D eigenvalue weighted by Gasteiger charge is -2.15. The fourth-order valence-electron chi connectivity index (χ4n) is 2.04. The van der Waals surface area contributed by atoms with Crippen LogP contribution in [0.1, 0.15) is 12.0 Å². The predicted molar refractivity (Wildman–Crippen MR) is 71.2 cm³/mol. The average molecular weight is 266 g/mol. The van der Waals surface area contributed by atoms with E-state index in [2.05, 4.69) is 5.16 Å². The lowest BCUT2D eigenvalue weighted by atomic mass is 10.0. The molecule has 1 aliphatic heterocycles. The van der Waals surface area contributed by atoms with Crippen LogP contribution < -0.4 is 19.9 Å². The van der Waals surface area contributed by atoms with Gasteiger partial charge in [-0.25, -0.2) is 0 Å². The minimum Gasteiger partial charge on any atom is -0.493 e. The largest absolute Gasteiger partial charge is 0.493 e. The molecule has 0 fully saturated rings. The number of benzene rings is 1. The van der Waals surface area contributed by atoms with Gasteiger partial charge in [-0.3, -0.25) is 0 Å². The Morgan fingerprint density at radius 2 is 1.95 bits per heavy atom. The fraction of sp³-hybridized carbons (Fsp3) is 0.462. The maximum atomic E-state index is 5.57. The summed E-state index contributed by atoms with van der Waals surface area (Å²) in [6.07, 6.45) is 0.579. The topological polar surface area (TPSA) is 75.3 Å². The van der Waals surface area contributed by atoms with Gasteiger partial charge in [0.2, 0.25) is 5.75 Å². The molecule has 0 aromatic heterocycles. The molecule has 0 radical (unpaired) electrons. The summed E-state index contributed by atoms with van der Waals surface area (Å²) in [5.74, 6) is 1.74. The number of ether oxygens (including phenoxy) is 3. The van der Waals surface area contributed by atoms with Crippen LogP contribution >= 0.6 is 0 Å². The van der Waals surface area contributed by atoms with Crippen LogP contribution in [0, 0.1) is 0 Å². The summed E-state index contributed by atoms with van der Waals surface area (Å²) in [6, 6.07) is 3.69. The minimum atomic E-state index is -0.0761. The zero-order valence-corrected chi connectivity index (χ0v) is 11.3. The number of hydrogen-bond donors (Lipinski definition) is 1. The van der Waals surface area contributed by atoms with Gasteiger partial charge in [0.25, 0.3) is 0 Å². The van der Waals surface area contributed by atoms with Crippen LogP contribution in [-0.2, 0) is 4.84 Å². The molecule has 1 heterocycles. The van der Waals surface area contributed by atoms with E-state index in [-0.39, 0.29) is 6.10 Å². The summed E-state index contributed by atoms with van der Waals surface area (Å²) >= 11 is 0. The van der Waals surface area contributed by atoms with Crippen LogP contribution in [0.25, 0.3) is 0 Å². The van der Waals surface area contributed by atoms with E-state index in [1.165, 1.54) is 0 Å². The molecule has 0 bridgehead atoms. The Kier molecular flexibility index (Phi) is 4.11. The van der Waals surface area contributed by atoms with Crippen molar-refractivity contribution < 1.29 is 19.0 Å². The van der Waals surface area contributed by atoms with Gasteiger partial charge in [0.1, 0.15) is 6.10 Å². The maximum Gasteiger partial charge on any atom is 0.203 e. The second-order valence-corrected chi connectivity index (χ2v) is 4.09. The van der Waals surface area contributed by atoms with Crippen molar-refractivity contribution in [3.8, 4) is 17.2 Å².